The molecule has 0 aliphatic heterocycles. The first-order valence-electron chi connectivity index (χ1n) is 5.76. The van der Waals surface area contributed by atoms with Crippen molar-refractivity contribution in [2.75, 3.05) is 6.54 Å². The van der Waals surface area contributed by atoms with Gasteiger partial charge in [-0.1, -0.05) is 25.0 Å². The summed E-state index contributed by atoms with van der Waals surface area (Å²) in [5.74, 6) is -0.289. The van der Waals surface area contributed by atoms with Crippen LogP contribution in [0.15, 0.2) is 18.2 Å². The molecule has 0 heterocycles. The lowest BCUT2D eigenvalue weighted by Gasteiger charge is -2.11. The Kier molecular flexibility index (Phi) is 5.29. The number of rotatable bonds is 5. The highest BCUT2D eigenvalue weighted by molar-refractivity contribution is 6.20. The average Bonchev–Trinajstić information content (AvgIpc) is 2.29. The van der Waals surface area contributed by atoms with Crippen molar-refractivity contribution < 1.29 is 9.90 Å². The largest absolute Gasteiger partial charge is 0.507 e. The second kappa shape index (κ2) is 6.50. The maximum Gasteiger partial charge on any atom is 0.255 e. The van der Waals surface area contributed by atoms with Gasteiger partial charge >= 0.3 is 0 Å². The molecule has 17 heavy (non-hydrogen) atoms. The Balaban J connectivity index is 2.61. The Morgan fingerprint density at radius 3 is 2.88 bits per heavy atom. The molecule has 0 saturated carbocycles. The number of benzene rings is 1. The molecule has 1 rings (SSSR count). The van der Waals surface area contributed by atoms with Crippen molar-refractivity contribution in [2.45, 2.75) is 32.1 Å². The molecule has 1 aromatic rings. The van der Waals surface area contributed by atoms with Gasteiger partial charge in [-0.2, -0.15) is 0 Å². The van der Waals surface area contributed by atoms with Gasteiger partial charge in [-0.15, -0.1) is 11.6 Å². The first-order valence-corrected chi connectivity index (χ1v) is 6.20. The standard InChI is InChI=1S/C13H18ClNO2/c1-3-4-10(14)8-15-13(17)11-7-9(2)5-6-12(11)16/h5-7,10,16H,3-4,8H2,1-2H3,(H,15,17). The van der Waals surface area contributed by atoms with E-state index < -0.39 is 0 Å². The SMILES string of the molecule is CCCC(Cl)CNC(=O)c1cc(C)ccc1O. The Morgan fingerprint density at radius 1 is 1.53 bits per heavy atom. The summed E-state index contributed by atoms with van der Waals surface area (Å²) < 4.78 is 0. The van der Waals surface area contributed by atoms with Gasteiger partial charge in [-0.25, -0.2) is 0 Å². The number of amides is 1. The quantitative estimate of drug-likeness (QED) is 0.795. The van der Waals surface area contributed by atoms with Gasteiger partial charge in [0.25, 0.3) is 5.91 Å². The van der Waals surface area contributed by atoms with Crippen LogP contribution in [0.3, 0.4) is 0 Å². The molecule has 1 unspecified atom stereocenters. The predicted molar refractivity (Wildman–Crippen MR) is 69.7 cm³/mol. The molecule has 94 valence electrons. The summed E-state index contributed by atoms with van der Waals surface area (Å²) in [5.41, 5.74) is 1.23. The normalized spacial score (nSPS) is 12.2. The number of phenols is 1. The molecule has 0 aliphatic rings. The van der Waals surface area contributed by atoms with Gasteiger partial charge in [0.15, 0.2) is 0 Å². The average molecular weight is 256 g/mol. The fraction of sp³-hybridized carbons (Fsp3) is 0.462. The van der Waals surface area contributed by atoms with E-state index in [0.29, 0.717) is 12.1 Å². The number of hydrogen-bond donors (Lipinski definition) is 2. The van der Waals surface area contributed by atoms with Crippen LogP contribution in [0.4, 0.5) is 0 Å². The third kappa shape index (κ3) is 4.27. The van der Waals surface area contributed by atoms with Gasteiger partial charge < -0.3 is 10.4 Å². The zero-order valence-corrected chi connectivity index (χ0v) is 10.9. The lowest BCUT2D eigenvalue weighted by atomic mass is 10.1. The number of aryl methyl sites for hydroxylation is 1. The summed E-state index contributed by atoms with van der Waals surface area (Å²) in [4.78, 5) is 11.8. The molecular formula is C13H18ClNO2. The molecule has 3 nitrogen and oxygen atoms in total. The maximum absolute atomic E-state index is 11.8. The van der Waals surface area contributed by atoms with Crippen molar-refractivity contribution in [1.82, 2.24) is 5.32 Å². The molecular weight excluding hydrogens is 238 g/mol. The molecule has 4 heteroatoms. The van der Waals surface area contributed by atoms with Crippen molar-refractivity contribution in [3.63, 3.8) is 0 Å². The van der Waals surface area contributed by atoms with Gasteiger partial charge in [0.1, 0.15) is 5.75 Å². The molecule has 0 bridgehead atoms. The minimum atomic E-state index is -0.284. The fourth-order valence-electron chi connectivity index (χ4n) is 1.55. The van der Waals surface area contributed by atoms with Crippen LogP contribution in [0.2, 0.25) is 0 Å². The zero-order valence-electron chi connectivity index (χ0n) is 10.2. The molecule has 1 atom stereocenters. The Bertz CT molecular complexity index is 393. The highest BCUT2D eigenvalue weighted by atomic mass is 35.5. The molecule has 0 radical (unpaired) electrons. The Hall–Kier alpha value is -1.22. The molecule has 1 aromatic carbocycles. The van der Waals surface area contributed by atoms with Crippen LogP contribution in [-0.2, 0) is 0 Å². The molecule has 0 saturated heterocycles. The van der Waals surface area contributed by atoms with Crippen LogP contribution in [0.25, 0.3) is 0 Å². The summed E-state index contributed by atoms with van der Waals surface area (Å²) in [7, 11) is 0. The van der Waals surface area contributed by atoms with Gasteiger partial charge in [0, 0.05) is 6.54 Å². The summed E-state index contributed by atoms with van der Waals surface area (Å²) in [5, 5.41) is 12.2. The number of halogens is 1. The summed E-state index contributed by atoms with van der Waals surface area (Å²) in [6, 6.07) is 4.94. The van der Waals surface area contributed by atoms with Gasteiger partial charge in [0.2, 0.25) is 0 Å². The third-order valence-electron chi connectivity index (χ3n) is 2.48. The van der Waals surface area contributed by atoms with Crippen LogP contribution in [0, 0.1) is 6.92 Å². The molecule has 0 spiro atoms. The van der Waals surface area contributed by atoms with Gasteiger partial charge in [0.05, 0.1) is 10.9 Å². The maximum atomic E-state index is 11.8. The Labute approximate surface area is 107 Å². The fourth-order valence-corrected chi connectivity index (χ4v) is 1.84. The van der Waals surface area contributed by atoms with Crippen LogP contribution in [0.5, 0.6) is 5.75 Å². The van der Waals surface area contributed by atoms with Crippen molar-refractivity contribution in [3.05, 3.63) is 29.3 Å². The first kappa shape index (κ1) is 13.8. The lowest BCUT2D eigenvalue weighted by molar-refractivity contribution is 0.0950. The number of phenolic OH excluding ortho intramolecular Hbond substituents is 1. The van der Waals surface area contributed by atoms with Crippen molar-refractivity contribution in [1.29, 1.82) is 0 Å². The van der Waals surface area contributed by atoms with E-state index in [1.165, 1.54) is 6.07 Å². The number of alkyl halides is 1. The van der Waals surface area contributed by atoms with Crippen LogP contribution in [0.1, 0.15) is 35.7 Å². The molecule has 0 fully saturated rings. The van der Waals surface area contributed by atoms with E-state index in [9.17, 15) is 9.90 Å². The number of aromatic hydroxyl groups is 1. The van der Waals surface area contributed by atoms with E-state index in [1.807, 2.05) is 13.8 Å². The van der Waals surface area contributed by atoms with Crippen molar-refractivity contribution in [2.24, 2.45) is 0 Å². The highest BCUT2D eigenvalue weighted by Crippen LogP contribution is 2.18. The lowest BCUT2D eigenvalue weighted by Crippen LogP contribution is -2.29. The molecule has 0 aliphatic carbocycles. The number of hydrogen-bond acceptors (Lipinski definition) is 2. The zero-order chi connectivity index (χ0) is 12.8. The molecule has 0 aromatic heterocycles. The van der Waals surface area contributed by atoms with E-state index in [2.05, 4.69) is 5.32 Å². The van der Waals surface area contributed by atoms with Crippen LogP contribution in [-0.4, -0.2) is 22.9 Å². The second-order valence-corrected chi connectivity index (χ2v) is 4.73. The number of carbonyl (C=O) groups excluding carboxylic acids is 1. The topological polar surface area (TPSA) is 49.3 Å². The van der Waals surface area contributed by atoms with Crippen LogP contribution >= 0.6 is 11.6 Å². The monoisotopic (exact) mass is 255 g/mol. The summed E-state index contributed by atoms with van der Waals surface area (Å²) in [6.45, 7) is 4.34. The van der Waals surface area contributed by atoms with E-state index in [4.69, 9.17) is 11.6 Å². The number of carbonyl (C=O) groups is 1. The van der Waals surface area contributed by atoms with E-state index in [1.54, 1.807) is 12.1 Å². The second-order valence-electron chi connectivity index (χ2n) is 4.12. The van der Waals surface area contributed by atoms with E-state index in [0.717, 1.165) is 18.4 Å². The van der Waals surface area contributed by atoms with Crippen LogP contribution < -0.4 is 5.32 Å². The van der Waals surface area contributed by atoms with E-state index >= 15 is 0 Å². The summed E-state index contributed by atoms with van der Waals surface area (Å²) in [6.07, 6.45) is 1.85. The summed E-state index contributed by atoms with van der Waals surface area (Å²) >= 11 is 6.01. The smallest absolute Gasteiger partial charge is 0.255 e. The highest BCUT2D eigenvalue weighted by Gasteiger charge is 2.12. The first-order chi connectivity index (χ1) is 8.04. The predicted octanol–water partition coefficient (Wildman–Crippen LogP) is 2.84. The molecule has 1 amide bonds. The minimum absolute atomic E-state index is 0.00489. The van der Waals surface area contributed by atoms with Crippen molar-refractivity contribution >= 4 is 17.5 Å². The third-order valence-corrected chi connectivity index (χ3v) is 2.86. The van der Waals surface area contributed by atoms with E-state index in [-0.39, 0.29) is 17.0 Å². The minimum Gasteiger partial charge on any atom is -0.507 e. The number of nitrogens with one attached hydrogen (secondary N) is 1. The Morgan fingerprint density at radius 2 is 2.24 bits per heavy atom. The van der Waals surface area contributed by atoms with Gasteiger partial charge in [-0.05, 0) is 25.5 Å². The van der Waals surface area contributed by atoms with Gasteiger partial charge in [-0.3, -0.25) is 4.79 Å². The van der Waals surface area contributed by atoms with Crippen molar-refractivity contribution in [3.8, 4) is 5.75 Å². The molecule has 2 N–H and O–H groups in total.